The van der Waals surface area contributed by atoms with Crippen LogP contribution in [0.4, 0.5) is 0 Å². The van der Waals surface area contributed by atoms with E-state index < -0.39 is 0 Å². The van der Waals surface area contributed by atoms with Gasteiger partial charge in [-0.05, 0) is 25.5 Å². The zero-order valence-corrected chi connectivity index (χ0v) is 13.1. The maximum atomic E-state index is 12.3. The number of hydrogen-bond acceptors (Lipinski definition) is 4. The number of nitrogens with one attached hydrogen (secondary N) is 1. The van der Waals surface area contributed by atoms with Crippen LogP contribution in [-0.4, -0.2) is 35.6 Å². The van der Waals surface area contributed by atoms with Crippen molar-refractivity contribution in [1.82, 2.24) is 29.0 Å². The van der Waals surface area contributed by atoms with Crippen LogP contribution < -0.4 is 5.56 Å². The smallest absolute Gasteiger partial charge is 0.259 e. The molecule has 0 amide bonds. The monoisotopic (exact) mass is 312 g/mol. The fraction of sp³-hybridized carbons (Fsp3) is 0.438. The van der Waals surface area contributed by atoms with E-state index in [1.54, 1.807) is 18.5 Å². The third-order valence-electron chi connectivity index (χ3n) is 4.67. The van der Waals surface area contributed by atoms with Gasteiger partial charge in [0.15, 0.2) is 0 Å². The minimum Gasteiger partial charge on any atom is -0.327 e. The van der Waals surface area contributed by atoms with E-state index >= 15 is 0 Å². The number of nitrogens with zero attached hydrogens (tertiary/aromatic N) is 5. The van der Waals surface area contributed by atoms with Gasteiger partial charge >= 0.3 is 0 Å². The first-order chi connectivity index (χ1) is 11.2. The Morgan fingerprint density at radius 2 is 2.26 bits per heavy atom. The first-order valence-corrected chi connectivity index (χ1v) is 7.99. The third kappa shape index (κ3) is 2.57. The molecule has 0 aromatic carbocycles. The summed E-state index contributed by atoms with van der Waals surface area (Å²) in [6.07, 6.45) is 8.56. The number of H-pyrrole nitrogens is 1. The SMILES string of the molecule is Cn1nccc1CN1CCCC[C@H]1c1cc(=O)n2ccnc2[nH]1. The van der Waals surface area contributed by atoms with E-state index in [0.29, 0.717) is 5.78 Å². The number of likely N-dealkylation sites (tertiary alicyclic amines) is 1. The van der Waals surface area contributed by atoms with E-state index in [-0.39, 0.29) is 11.6 Å². The van der Waals surface area contributed by atoms with Crippen LogP contribution in [0.2, 0.25) is 0 Å². The molecule has 23 heavy (non-hydrogen) atoms. The minimum atomic E-state index is -0.0303. The van der Waals surface area contributed by atoms with Crippen molar-refractivity contribution in [2.75, 3.05) is 6.54 Å². The lowest BCUT2D eigenvalue weighted by Gasteiger charge is -2.35. The summed E-state index contributed by atoms with van der Waals surface area (Å²) in [6.45, 7) is 1.86. The van der Waals surface area contributed by atoms with Crippen molar-refractivity contribution in [1.29, 1.82) is 0 Å². The van der Waals surface area contributed by atoms with Gasteiger partial charge in [0, 0.05) is 43.9 Å². The Morgan fingerprint density at radius 3 is 3.09 bits per heavy atom. The van der Waals surface area contributed by atoms with Crippen molar-refractivity contribution >= 4 is 5.78 Å². The molecule has 1 aliphatic heterocycles. The normalized spacial score (nSPS) is 19.4. The average molecular weight is 312 g/mol. The number of aromatic amines is 1. The molecular weight excluding hydrogens is 292 g/mol. The zero-order valence-electron chi connectivity index (χ0n) is 13.1. The Balaban J connectivity index is 1.68. The van der Waals surface area contributed by atoms with Crippen LogP contribution in [0.3, 0.4) is 0 Å². The highest BCUT2D eigenvalue weighted by Gasteiger charge is 2.26. The molecule has 1 saturated heterocycles. The number of hydrogen-bond donors (Lipinski definition) is 1. The second-order valence-corrected chi connectivity index (χ2v) is 6.11. The molecule has 7 heteroatoms. The van der Waals surface area contributed by atoms with E-state index in [1.165, 1.54) is 22.9 Å². The zero-order chi connectivity index (χ0) is 15.8. The minimum absolute atomic E-state index is 0.0303. The quantitative estimate of drug-likeness (QED) is 0.795. The molecule has 0 spiro atoms. The van der Waals surface area contributed by atoms with Gasteiger partial charge in [-0.1, -0.05) is 6.42 Å². The second-order valence-electron chi connectivity index (χ2n) is 6.11. The molecule has 7 nitrogen and oxygen atoms in total. The average Bonchev–Trinajstić information content (AvgIpc) is 3.18. The van der Waals surface area contributed by atoms with Crippen LogP contribution >= 0.6 is 0 Å². The van der Waals surface area contributed by atoms with Crippen molar-refractivity contribution in [2.45, 2.75) is 31.8 Å². The molecule has 0 aliphatic carbocycles. The van der Waals surface area contributed by atoms with Crippen LogP contribution in [0, 0.1) is 0 Å². The predicted octanol–water partition coefficient (Wildman–Crippen LogP) is 1.48. The summed E-state index contributed by atoms with van der Waals surface area (Å²) in [5.41, 5.74) is 2.11. The maximum Gasteiger partial charge on any atom is 0.259 e. The Bertz CT molecular complexity index is 876. The van der Waals surface area contributed by atoms with Gasteiger partial charge in [-0.3, -0.25) is 18.8 Å². The predicted molar refractivity (Wildman–Crippen MR) is 86.0 cm³/mol. The molecule has 1 aliphatic rings. The summed E-state index contributed by atoms with van der Waals surface area (Å²) in [4.78, 5) is 22.2. The highest BCUT2D eigenvalue weighted by atomic mass is 16.1. The molecule has 1 atom stereocenters. The maximum absolute atomic E-state index is 12.3. The molecule has 3 aromatic heterocycles. The van der Waals surface area contributed by atoms with E-state index in [9.17, 15) is 4.79 Å². The first kappa shape index (κ1) is 14.2. The fourth-order valence-electron chi connectivity index (χ4n) is 3.42. The largest absolute Gasteiger partial charge is 0.327 e. The van der Waals surface area contributed by atoms with Crippen LogP contribution in [0.25, 0.3) is 5.78 Å². The van der Waals surface area contributed by atoms with E-state index in [4.69, 9.17) is 0 Å². The van der Waals surface area contributed by atoms with Gasteiger partial charge < -0.3 is 4.98 Å². The molecule has 0 radical (unpaired) electrons. The number of fused-ring (bicyclic) bond motifs is 1. The van der Waals surface area contributed by atoms with Gasteiger partial charge in [-0.25, -0.2) is 4.98 Å². The summed E-state index contributed by atoms with van der Waals surface area (Å²) in [6, 6.07) is 3.97. The van der Waals surface area contributed by atoms with Gasteiger partial charge in [-0.2, -0.15) is 5.10 Å². The molecular formula is C16H20N6O. The molecule has 4 rings (SSSR count). The highest BCUT2D eigenvalue weighted by Crippen LogP contribution is 2.30. The molecule has 0 saturated carbocycles. The van der Waals surface area contributed by atoms with Crippen LogP contribution in [0.1, 0.15) is 36.7 Å². The number of rotatable bonds is 3. The molecule has 0 bridgehead atoms. The first-order valence-electron chi connectivity index (χ1n) is 7.99. The Kier molecular flexibility index (Phi) is 3.49. The van der Waals surface area contributed by atoms with Gasteiger partial charge in [0.25, 0.3) is 5.56 Å². The lowest BCUT2D eigenvalue weighted by Crippen LogP contribution is -2.35. The molecule has 4 heterocycles. The fourth-order valence-corrected chi connectivity index (χ4v) is 3.42. The van der Waals surface area contributed by atoms with Crippen LogP contribution in [0.5, 0.6) is 0 Å². The number of aryl methyl sites for hydroxylation is 1. The standard InChI is InChI=1S/C16H20N6O/c1-20-12(5-6-18-20)11-21-8-3-2-4-14(21)13-10-15(23)22-9-7-17-16(22)19-13/h5-7,9-10,14H,2-4,8,11H2,1H3,(H,17,19)/t14-/m0/s1. The van der Waals surface area contributed by atoms with E-state index in [1.807, 2.05) is 24.0 Å². The topological polar surface area (TPSA) is 71.2 Å². The van der Waals surface area contributed by atoms with E-state index in [2.05, 4.69) is 20.0 Å². The van der Waals surface area contributed by atoms with E-state index in [0.717, 1.165) is 25.2 Å². The lowest BCUT2D eigenvalue weighted by molar-refractivity contribution is 0.134. The van der Waals surface area contributed by atoms with Crippen LogP contribution in [-0.2, 0) is 13.6 Å². The Hall–Kier alpha value is -2.41. The Morgan fingerprint density at radius 1 is 1.35 bits per heavy atom. The summed E-state index contributed by atoms with van der Waals surface area (Å²) in [5, 5.41) is 4.25. The third-order valence-corrected chi connectivity index (χ3v) is 4.67. The summed E-state index contributed by atoms with van der Waals surface area (Å²) in [7, 11) is 1.97. The second kappa shape index (κ2) is 5.66. The molecule has 1 N–H and O–H groups in total. The molecule has 120 valence electrons. The van der Waals surface area contributed by atoms with Crippen molar-refractivity contribution in [3.8, 4) is 0 Å². The van der Waals surface area contributed by atoms with Gasteiger partial charge in [0.05, 0.1) is 11.7 Å². The van der Waals surface area contributed by atoms with Crippen molar-refractivity contribution in [3.63, 3.8) is 0 Å². The summed E-state index contributed by atoms with van der Waals surface area (Å²) < 4.78 is 3.45. The van der Waals surface area contributed by atoms with Gasteiger partial charge in [0.1, 0.15) is 0 Å². The summed E-state index contributed by atoms with van der Waals surface area (Å²) in [5.74, 6) is 0.610. The number of piperidine rings is 1. The van der Waals surface area contributed by atoms with Crippen LogP contribution in [0.15, 0.2) is 35.5 Å². The van der Waals surface area contributed by atoms with Crippen molar-refractivity contribution in [2.24, 2.45) is 7.05 Å². The van der Waals surface area contributed by atoms with Gasteiger partial charge in [0.2, 0.25) is 5.78 Å². The molecule has 1 fully saturated rings. The van der Waals surface area contributed by atoms with Gasteiger partial charge in [-0.15, -0.1) is 0 Å². The lowest BCUT2D eigenvalue weighted by atomic mass is 9.99. The molecule has 0 unspecified atom stereocenters. The van der Waals surface area contributed by atoms with Crippen molar-refractivity contribution < 1.29 is 0 Å². The van der Waals surface area contributed by atoms with Crippen molar-refractivity contribution in [3.05, 3.63) is 52.5 Å². The summed E-state index contributed by atoms with van der Waals surface area (Å²) >= 11 is 0. The number of imidazole rings is 1. The Labute approximate surface area is 133 Å². The highest BCUT2D eigenvalue weighted by molar-refractivity contribution is 5.30. The number of aromatic nitrogens is 5. The molecule has 3 aromatic rings.